The van der Waals surface area contributed by atoms with E-state index in [1.54, 1.807) is 18.0 Å². The molecular formula is C21H16BrN3OS. The van der Waals surface area contributed by atoms with Gasteiger partial charge in [0.1, 0.15) is 5.69 Å². The Hall–Kier alpha value is -2.57. The molecule has 2 N–H and O–H groups in total. The van der Waals surface area contributed by atoms with Crippen molar-refractivity contribution in [2.45, 2.75) is 10.6 Å². The minimum atomic E-state index is -0.155. The summed E-state index contributed by atoms with van der Waals surface area (Å²) < 4.78 is 0.975. The molecule has 4 aromatic rings. The number of hydrogen-bond donors (Lipinski definition) is 2. The van der Waals surface area contributed by atoms with Crippen LogP contribution in [0.4, 0.5) is 5.69 Å². The highest BCUT2D eigenvalue weighted by Crippen LogP contribution is 2.25. The van der Waals surface area contributed by atoms with E-state index in [4.69, 9.17) is 0 Å². The number of thioether (sulfide) groups is 1. The maximum Gasteiger partial charge on any atom is 0.272 e. The zero-order chi connectivity index (χ0) is 18.6. The number of halogens is 1. The zero-order valence-electron chi connectivity index (χ0n) is 14.3. The van der Waals surface area contributed by atoms with Gasteiger partial charge in [0, 0.05) is 44.1 Å². The number of carbonyl (C=O) groups is 1. The van der Waals surface area contributed by atoms with E-state index in [1.165, 1.54) is 5.56 Å². The lowest BCUT2D eigenvalue weighted by Gasteiger charge is -2.06. The summed E-state index contributed by atoms with van der Waals surface area (Å²) >= 11 is 5.18. The SMILES string of the molecule is O=C(Nc1ccc(SCc2cccnc2)cc1)c1cc2ccc(Br)cc2[nH]1. The normalized spacial score (nSPS) is 10.9. The van der Waals surface area contributed by atoms with Crippen LogP contribution in [0.5, 0.6) is 0 Å². The van der Waals surface area contributed by atoms with Crippen LogP contribution in [-0.4, -0.2) is 15.9 Å². The number of pyridine rings is 1. The lowest BCUT2D eigenvalue weighted by molar-refractivity contribution is 0.102. The first-order valence-electron chi connectivity index (χ1n) is 8.39. The van der Waals surface area contributed by atoms with Crippen molar-refractivity contribution in [2.75, 3.05) is 5.32 Å². The number of hydrogen-bond acceptors (Lipinski definition) is 3. The van der Waals surface area contributed by atoms with Gasteiger partial charge in [0.15, 0.2) is 0 Å². The van der Waals surface area contributed by atoms with Gasteiger partial charge in [0.2, 0.25) is 0 Å². The Balaban J connectivity index is 1.40. The number of nitrogens with zero attached hydrogens (tertiary/aromatic N) is 1. The molecule has 134 valence electrons. The topological polar surface area (TPSA) is 57.8 Å². The molecule has 2 aromatic carbocycles. The number of benzene rings is 2. The second kappa shape index (κ2) is 7.98. The summed E-state index contributed by atoms with van der Waals surface area (Å²) in [4.78, 5) is 20.9. The van der Waals surface area contributed by atoms with Crippen LogP contribution in [-0.2, 0) is 5.75 Å². The van der Waals surface area contributed by atoms with E-state index in [9.17, 15) is 4.79 Å². The molecule has 6 heteroatoms. The van der Waals surface area contributed by atoms with Crippen LogP contribution in [0, 0.1) is 0 Å². The fourth-order valence-corrected chi connectivity index (χ4v) is 3.90. The summed E-state index contributed by atoms with van der Waals surface area (Å²) in [6.07, 6.45) is 3.65. The molecule has 0 unspecified atom stereocenters. The van der Waals surface area contributed by atoms with Crippen molar-refractivity contribution in [1.82, 2.24) is 9.97 Å². The van der Waals surface area contributed by atoms with Crippen LogP contribution < -0.4 is 5.32 Å². The van der Waals surface area contributed by atoms with Gasteiger partial charge in [-0.3, -0.25) is 9.78 Å². The molecule has 0 aliphatic heterocycles. The molecule has 1 amide bonds. The summed E-state index contributed by atoms with van der Waals surface area (Å²) in [5.74, 6) is 0.711. The Kier molecular flexibility index (Phi) is 5.27. The van der Waals surface area contributed by atoms with Crippen LogP contribution in [0.1, 0.15) is 16.1 Å². The van der Waals surface area contributed by atoms with Crippen LogP contribution >= 0.6 is 27.7 Å². The average Bonchev–Trinajstić information content (AvgIpc) is 3.11. The van der Waals surface area contributed by atoms with Crippen molar-refractivity contribution in [1.29, 1.82) is 0 Å². The summed E-state index contributed by atoms with van der Waals surface area (Å²) in [5, 5.41) is 3.94. The Morgan fingerprint density at radius 3 is 2.74 bits per heavy atom. The number of anilines is 1. The predicted molar refractivity (Wildman–Crippen MR) is 114 cm³/mol. The highest BCUT2D eigenvalue weighted by molar-refractivity contribution is 9.10. The average molecular weight is 438 g/mol. The van der Waals surface area contributed by atoms with E-state index in [0.717, 1.165) is 31.7 Å². The van der Waals surface area contributed by atoms with E-state index < -0.39 is 0 Å². The third kappa shape index (κ3) is 4.40. The van der Waals surface area contributed by atoms with E-state index in [1.807, 2.05) is 60.8 Å². The maximum atomic E-state index is 12.5. The molecule has 0 saturated carbocycles. The monoisotopic (exact) mass is 437 g/mol. The molecule has 0 bridgehead atoms. The second-order valence-electron chi connectivity index (χ2n) is 6.04. The smallest absolute Gasteiger partial charge is 0.272 e. The van der Waals surface area contributed by atoms with Gasteiger partial charge in [-0.05, 0) is 54.1 Å². The summed E-state index contributed by atoms with van der Waals surface area (Å²) in [6, 6.07) is 19.6. The van der Waals surface area contributed by atoms with E-state index in [0.29, 0.717) is 5.69 Å². The highest BCUT2D eigenvalue weighted by atomic mass is 79.9. The van der Waals surface area contributed by atoms with Gasteiger partial charge in [0.25, 0.3) is 5.91 Å². The Labute approximate surface area is 169 Å². The first kappa shape index (κ1) is 17.8. The van der Waals surface area contributed by atoms with Crippen LogP contribution in [0.3, 0.4) is 0 Å². The molecule has 0 fully saturated rings. The summed E-state index contributed by atoms with van der Waals surface area (Å²) in [5.41, 5.74) is 3.42. The van der Waals surface area contributed by atoms with Crippen molar-refractivity contribution in [3.8, 4) is 0 Å². The molecular weight excluding hydrogens is 422 g/mol. The van der Waals surface area contributed by atoms with Gasteiger partial charge < -0.3 is 10.3 Å². The molecule has 0 spiro atoms. The number of amides is 1. The minimum Gasteiger partial charge on any atom is -0.350 e. The fourth-order valence-electron chi connectivity index (χ4n) is 2.70. The van der Waals surface area contributed by atoms with Gasteiger partial charge in [-0.1, -0.05) is 28.1 Å². The lowest BCUT2D eigenvalue weighted by atomic mass is 10.2. The van der Waals surface area contributed by atoms with Gasteiger partial charge in [-0.15, -0.1) is 11.8 Å². The standard InChI is InChI=1S/C21H16BrN3OS/c22-16-4-3-15-10-20(25-19(15)11-16)21(26)24-17-5-7-18(8-6-17)27-13-14-2-1-9-23-12-14/h1-12,25H,13H2,(H,24,26). The first-order valence-corrected chi connectivity index (χ1v) is 10.2. The van der Waals surface area contributed by atoms with Crippen molar-refractivity contribution in [3.63, 3.8) is 0 Å². The largest absolute Gasteiger partial charge is 0.350 e. The number of aromatic nitrogens is 2. The van der Waals surface area contributed by atoms with E-state index >= 15 is 0 Å². The minimum absolute atomic E-state index is 0.155. The van der Waals surface area contributed by atoms with Gasteiger partial charge in [0.05, 0.1) is 0 Å². The predicted octanol–water partition coefficient (Wildman–Crippen LogP) is 5.87. The Bertz CT molecular complexity index is 1080. The van der Waals surface area contributed by atoms with Crippen molar-refractivity contribution < 1.29 is 4.79 Å². The summed E-state index contributed by atoms with van der Waals surface area (Å²) in [6.45, 7) is 0. The van der Waals surface area contributed by atoms with Crippen LogP contribution in [0.2, 0.25) is 0 Å². The molecule has 2 heterocycles. The summed E-state index contributed by atoms with van der Waals surface area (Å²) in [7, 11) is 0. The van der Waals surface area contributed by atoms with Crippen molar-refractivity contribution in [3.05, 3.63) is 88.8 Å². The molecule has 0 atom stereocenters. The lowest BCUT2D eigenvalue weighted by Crippen LogP contribution is -2.12. The molecule has 27 heavy (non-hydrogen) atoms. The molecule has 0 radical (unpaired) electrons. The number of aromatic amines is 1. The Morgan fingerprint density at radius 2 is 1.96 bits per heavy atom. The van der Waals surface area contributed by atoms with Gasteiger partial charge >= 0.3 is 0 Å². The molecule has 4 nitrogen and oxygen atoms in total. The van der Waals surface area contributed by atoms with Gasteiger partial charge in [-0.25, -0.2) is 0 Å². The number of nitrogens with one attached hydrogen (secondary N) is 2. The van der Waals surface area contributed by atoms with Crippen molar-refractivity contribution >= 4 is 50.2 Å². The highest BCUT2D eigenvalue weighted by Gasteiger charge is 2.10. The molecule has 0 aliphatic carbocycles. The zero-order valence-corrected chi connectivity index (χ0v) is 16.7. The van der Waals surface area contributed by atoms with E-state index in [-0.39, 0.29) is 5.91 Å². The Morgan fingerprint density at radius 1 is 1.11 bits per heavy atom. The number of H-pyrrole nitrogens is 1. The number of carbonyl (C=O) groups excluding carboxylic acids is 1. The van der Waals surface area contributed by atoms with Crippen LogP contribution in [0.25, 0.3) is 10.9 Å². The molecule has 0 saturated heterocycles. The van der Waals surface area contributed by atoms with Crippen LogP contribution in [0.15, 0.2) is 82.4 Å². The number of fused-ring (bicyclic) bond motifs is 1. The second-order valence-corrected chi connectivity index (χ2v) is 8.01. The molecule has 2 aromatic heterocycles. The quantitative estimate of drug-likeness (QED) is 0.383. The first-order chi connectivity index (χ1) is 13.2. The fraction of sp³-hybridized carbons (Fsp3) is 0.0476. The molecule has 0 aliphatic rings. The van der Waals surface area contributed by atoms with Gasteiger partial charge in [-0.2, -0.15) is 0 Å². The maximum absolute atomic E-state index is 12.5. The van der Waals surface area contributed by atoms with Crippen molar-refractivity contribution in [2.24, 2.45) is 0 Å². The third-order valence-corrected chi connectivity index (χ3v) is 5.65. The number of rotatable bonds is 5. The molecule has 4 rings (SSSR count). The van der Waals surface area contributed by atoms with E-state index in [2.05, 4.69) is 37.3 Å². The third-order valence-electron chi connectivity index (χ3n) is 4.07.